The second-order valence-corrected chi connectivity index (χ2v) is 12.1. The van der Waals surface area contributed by atoms with Gasteiger partial charge in [-0.3, -0.25) is 13.9 Å². The third-order valence-electron chi connectivity index (χ3n) is 6.92. The molecule has 1 N–H and O–H groups in total. The second kappa shape index (κ2) is 14.9. The molecule has 0 spiro atoms. The zero-order valence-corrected chi connectivity index (χ0v) is 26.1. The van der Waals surface area contributed by atoms with Gasteiger partial charge in [0.2, 0.25) is 11.8 Å². The van der Waals surface area contributed by atoms with Crippen LogP contribution in [-0.4, -0.2) is 58.0 Å². The molecule has 3 aromatic carbocycles. The summed E-state index contributed by atoms with van der Waals surface area (Å²) in [5, 5.41) is 3.50. The zero-order valence-electron chi connectivity index (χ0n) is 24.5. The third-order valence-corrected chi connectivity index (χ3v) is 8.96. The molecule has 0 aliphatic carbocycles. The van der Waals surface area contributed by atoms with E-state index in [2.05, 4.69) is 5.32 Å². The van der Waals surface area contributed by atoms with Crippen LogP contribution in [0.25, 0.3) is 0 Å². The van der Waals surface area contributed by atoms with Gasteiger partial charge < -0.3 is 19.7 Å². The number of carbonyl (C=O) groups is 2. The molecule has 2 amide bonds. The molecule has 0 fully saturated rings. The standard InChI is InChI=1S/C31H38ClN3O6S/c1-6-22(3)33-31(37)27(7-2)34(20-23-13-15-24(32)16-14-23)30(36)21-35(42(38,39)26-11-9-8-10-12-26)25-17-18-28(40-4)29(19-25)41-5/h8-19,22,27H,6-7,20-21H2,1-5H3,(H,33,37)/t22-,27-/m1/s1. The van der Waals surface area contributed by atoms with E-state index in [1.54, 1.807) is 54.6 Å². The van der Waals surface area contributed by atoms with E-state index >= 15 is 0 Å². The summed E-state index contributed by atoms with van der Waals surface area (Å²) in [5.74, 6) is -0.155. The molecule has 0 saturated heterocycles. The van der Waals surface area contributed by atoms with Crippen LogP contribution in [0.15, 0.2) is 77.7 Å². The molecule has 0 aromatic heterocycles. The molecule has 11 heteroatoms. The fraction of sp³-hybridized carbons (Fsp3) is 0.355. The van der Waals surface area contributed by atoms with Crippen LogP contribution in [0.4, 0.5) is 5.69 Å². The predicted octanol–water partition coefficient (Wildman–Crippen LogP) is 5.27. The Bertz CT molecular complexity index is 1450. The first-order valence-electron chi connectivity index (χ1n) is 13.7. The Morgan fingerprint density at radius 2 is 1.55 bits per heavy atom. The number of methoxy groups -OCH3 is 2. The van der Waals surface area contributed by atoms with Crippen molar-refractivity contribution < 1.29 is 27.5 Å². The molecule has 3 aromatic rings. The number of sulfonamides is 1. The largest absolute Gasteiger partial charge is 0.493 e. The first kappa shape index (κ1) is 32.8. The molecule has 226 valence electrons. The van der Waals surface area contributed by atoms with Crippen LogP contribution >= 0.6 is 11.6 Å². The minimum atomic E-state index is -4.21. The van der Waals surface area contributed by atoms with Crippen LogP contribution in [0.1, 0.15) is 39.2 Å². The first-order chi connectivity index (χ1) is 20.0. The normalized spacial score (nSPS) is 12.6. The number of hydrogen-bond acceptors (Lipinski definition) is 6. The van der Waals surface area contributed by atoms with Gasteiger partial charge in [0.1, 0.15) is 12.6 Å². The maximum atomic E-state index is 14.2. The molecule has 42 heavy (non-hydrogen) atoms. The van der Waals surface area contributed by atoms with Crippen molar-refractivity contribution in [2.75, 3.05) is 25.1 Å². The number of rotatable bonds is 14. The number of hydrogen-bond donors (Lipinski definition) is 1. The van der Waals surface area contributed by atoms with Gasteiger partial charge in [0.25, 0.3) is 10.0 Å². The van der Waals surface area contributed by atoms with Crippen LogP contribution < -0.4 is 19.1 Å². The summed E-state index contributed by atoms with van der Waals surface area (Å²) in [7, 11) is -1.29. The zero-order chi connectivity index (χ0) is 30.9. The van der Waals surface area contributed by atoms with E-state index in [-0.39, 0.29) is 29.1 Å². The summed E-state index contributed by atoms with van der Waals surface area (Å²) in [4.78, 5) is 29.0. The van der Waals surface area contributed by atoms with Gasteiger partial charge in [-0.05, 0) is 61.7 Å². The van der Waals surface area contributed by atoms with Crippen molar-refractivity contribution in [3.63, 3.8) is 0 Å². The lowest BCUT2D eigenvalue weighted by molar-refractivity contribution is -0.140. The van der Waals surface area contributed by atoms with E-state index in [1.165, 1.54) is 37.3 Å². The average molecular weight is 616 g/mol. The maximum absolute atomic E-state index is 14.2. The molecule has 0 radical (unpaired) electrons. The lowest BCUT2D eigenvalue weighted by Crippen LogP contribution is -2.53. The van der Waals surface area contributed by atoms with Crippen molar-refractivity contribution in [3.8, 4) is 11.5 Å². The number of carbonyl (C=O) groups excluding carboxylic acids is 2. The van der Waals surface area contributed by atoms with Crippen LogP contribution in [0.2, 0.25) is 5.02 Å². The highest BCUT2D eigenvalue weighted by atomic mass is 35.5. The van der Waals surface area contributed by atoms with Gasteiger partial charge in [-0.2, -0.15) is 0 Å². The Morgan fingerprint density at radius 3 is 2.12 bits per heavy atom. The lowest BCUT2D eigenvalue weighted by Gasteiger charge is -2.33. The van der Waals surface area contributed by atoms with Gasteiger partial charge in [0, 0.05) is 23.7 Å². The maximum Gasteiger partial charge on any atom is 0.264 e. The smallest absolute Gasteiger partial charge is 0.264 e. The van der Waals surface area contributed by atoms with Crippen LogP contribution in [0.5, 0.6) is 11.5 Å². The molecule has 9 nitrogen and oxygen atoms in total. The Balaban J connectivity index is 2.10. The van der Waals surface area contributed by atoms with Crippen molar-refractivity contribution in [1.82, 2.24) is 10.2 Å². The quantitative estimate of drug-likeness (QED) is 0.265. The van der Waals surface area contributed by atoms with Crippen LogP contribution in [-0.2, 0) is 26.2 Å². The summed E-state index contributed by atoms with van der Waals surface area (Å²) in [5.41, 5.74) is 0.944. The first-order valence-corrected chi connectivity index (χ1v) is 15.5. The van der Waals surface area contributed by atoms with Gasteiger partial charge in [-0.15, -0.1) is 0 Å². The van der Waals surface area contributed by atoms with Crippen molar-refractivity contribution in [1.29, 1.82) is 0 Å². The molecule has 0 heterocycles. The summed E-state index contributed by atoms with van der Waals surface area (Å²) >= 11 is 6.08. The summed E-state index contributed by atoms with van der Waals surface area (Å²) in [6.45, 7) is 5.18. The predicted molar refractivity (Wildman–Crippen MR) is 164 cm³/mol. The van der Waals surface area contributed by atoms with Crippen LogP contribution in [0, 0.1) is 0 Å². The molecule has 0 bridgehead atoms. The molecular weight excluding hydrogens is 578 g/mol. The number of halogens is 1. The van der Waals surface area contributed by atoms with E-state index in [9.17, 15) is 18.0 Å². The van der Waals surface area contributed by atoms with Gasteiger partial charge in [0.05, 0.1) is 24.8 Å². The topological polar surface area (TPSA) is 105 Å². The lowest BCUT2D eigenvalue weighted by atomic mass is 10.1. The van der Waals surface area contributed by atoms with E-state index in [0.29, 0.717) is 22.9 Å². The Hall–Kier alpha value is -3.76. The Labute approximate surface area is 253 Å². The van der Waals surface area contributed by atoms with Gasteiger partial charge >= 0.3 is 0 Å². The highest BCUT2D eigenvalue weighted by Gasteiger charge is 2.34. The second-order valence-electron chi connectivity index (χ2n) is 9.75. The molecule has 3 rings (SSSR count). The molecular formula is C31H38ClN3O6S. The average Bonchev–Trinajstić information content (AvgIpc) is 3.00. The highest BCUT2D eigenvalue weighted by Crippen LogP contribution is 2.34. The van der Waals surface area contributed by atoms with Gasteiger partial charge in [-0.1, -0.05) is 55.8 Å². The molecule has 0 aliphatic heterocycles. The number of benzene rings is 3. The molecule has 0 saturated carbocycles. The third kappa shape index (κ3) is 7.95. The van der Waals surface area contributed by atoms with Crippen molar-refractivity contribution in [3.05, 3.63) is 83.4 Å². The van der Waals surface area contributed by atoms with E-state index in [4.69, 9.17) is 21.1 Å². The van der Waals surface area contributed by atoms with Crippen molar-refractivity contribution in [2.45, 2.75) is 57.1 Å². The van der Waals surface area contributed by atoms with Gasteiger partial charge in [-0.25, -0.2) is 8.42 Å². The fourth-order valence-electron chi connectivity index (χ4n) is 4.38. The number of ether oxygens (including phenoxy) is 2. The number of anilines is 1. The highest BCUT2D eigenvalue weighted by molar-refractivity contribution is 7.92. The van der Waals surface area contributed by atoms with E-state index in [1.807, 2.05) is 20.8 Å². The number of nitrogens with zero attached hydrogens (tertiary/aromatic N) is 2. The van der Waals surface area contributed by atoms with E-state index < -0.39 is 28.5 Å². The Morgan fingerprint density at radius 1 is 0.905 bits per heavy atom. The van der Waals surface area contributed by atoms with Crippen molar-refractivity contribution >= 4 is 39.1 Å². The SMILES string of the molecule is CC[C@@H](C)NC(=O)[C@@H](CC)N(Cc1ccc(Cl)cc1)C(=O)CN(c1ccc(OC)c(OC)c1)S(=O)(=O)c1ccccc1. The summed E-state index contributed by atoms with van der Waals surface area (Å²) in [6.07, 6.45) is 1.04. The summed E-state index contributed by atoms with van der Waals surface area (Å²) in [6, 6.07) is 18.5. The monoisotopic (exact) mass is 615 g/mol. The molecule has 2 atom stereocenters. The molecule has 0 unspecified atom stereocenters. The van der Waals surface area contributed by atoms with Gasteiger partial charge in [0.15, 0.2) is 11.5 Å². The summed E-state index contributed by atoms with van der Waals surface area (Å²) < 4.78 is 39.7. The molecule has 0 aliphatic rings. The fourth-order valence-corrected chi connectivity index (χ4v) is 5.93. The number of nitrogens with one attached hydrogen (secondary N) is 1. The minimum Gasteiger partial charge on any atom is -0.493 e. The van der Waals surface area contributed by atoms with E-state index in [0.717, 1.165) is 16.3 Å². The Kier molecular flexibility index (Phi) is 11.6. The minimum absolute atomic E-state index is 0.0124. The number of amides is 2. The van der Waals surface area contributed by atoms with Crippen molar-refractivity contribution in [2.24, 2.45) is 0 Å². The van der Waals surface area contributed by atoms with Crippen LogP contribution in [0.3, 0.4) is 0 Å².